The van der Waals surface area contributed by atoms with Crippen molar-refractivity contribution in [1.82, 2.24) is 9.88 Å². The molecular formula is C22H22N2O. The predicted octanol–water partition coefficient (Wildman–Crippen LogP) is 4.56. The quantitative estimate of drug-likeness (QED) is 0.690. The summed E-state index contributed by atoms with van der Waals surface area (Å²) in [6.45, 7) is 5.68. The molecule has 0 fully saturated rings. The molecule has 1 aromatic heterocycles. The van der Waals surface area contributed by atoms with Gasteiger partial charge in [-0.25, -0.2) is 0 Å². The summed E-state index contributed by atoms with van der Waals surface area (Å²) in [5.41, 5.74) is 5.25. The van der Waals surface area contributed by atoms with Crippen molar-refractivity contribution in [3.8, 4) is 0 Å². The summed E-state index contributed by atoms with van der Waals surface area (Å²) in [6.07, 6.45) is 0.919. The van der Waals surface area contributed by atoms with E-state index in [0.717, 1.165) is 35.1 Å². The van der Waals surface area contributed by atoms with Crippen molar-refractivity contribution in [1.29, 1.82) is 0 Å². The minimum atomic E-state index is 0.106. The second-order valence-corrected chi connectivity index (χ2v) is 7.01. The Hall–Kier alpha value is -2.68. The molecule has 0 unspecified atom stereocenters. The van der Waals surface area contributed by atoms with Crippen LogP contribution in [-0.4, -0.2) is 22.3 Å². The zero-order chi connectivity index (χ0) is 17.4. The molecule has 1 aliphatic rings. The highest BCUT2D eigenvalue weighted by molar-refractivity contribution is 6.06. The molecule has 25 heavy (non-hydrogen) atoms. The second kappa shape index (κ2) is 6.32. The zero-order valence-electron chi connectivity index (χ0n) is 14.7. The number of fused-ring (bicyclic) bond motifs is 2. The van der Waals surface area contributed by atoms with Crippen molar-refractivity contribution in [3.63, 3.8) is 0 Å². The van der Waals surface area contributed by atoms with E-state index in [1.807, 2.05) is 41.3 Å². The van der Waals surface area contributed by atoms with Crippen LogP contribution in [0.25, 0.3) is 10.9 Å². The van der Waals surface area contributed by atoms with Crippen molar-refractivity contribution < 1.29 is 4.79 Å². The summed E-state index contributed by atoms with van der Waals surface area (Å²) in [7, 11) is 0. The molecule has 0 bridgehead atoms. The lowest BCUT2D eigenvalue weighted by atomic mass is 9.97. The minimum absolute atomic E-state index is 0.106. The largest absolute Gasteiger partial charge is 0.334 e. The second-order valence-electron chi connectivity index (χ2n) is 7.01. The number of carbonyl (C=O) groups is 1. The van der Waals surface area contributed by atoms with Gasteiger partial charge in [-0.2, -0.15) is 0 Å². The van der Waals surface area contributed by atoms with Gasteiger partial charge in [0.1, 0.15) is 0 Å². The zero-order valence-corrected chi connectivity index (χ0v) is 14.7. The molecule has 0 atom stereocenters. The number of aromatic nitrogens is 1. The molecule has 3 aromatic rings. The third-order valence-corrected chi connectivity index (χ3v) is 4.98. The Morgan fingerprint density at radius 1 is 1.04 bits per heavy atom. The summed E-state index contributed by atoms with van der Waals surface area (Å²) in [5, 5.41) is 0.941. The summed E-state index contributed by atoms with van der Waals surface area (Å²) < 4.78 is 0. The molecule has 3 heteroatoms. The van der Waals surface area contributed by atoms with Gasteiger partial charge in [0.2, 0.25) is 0 Å². The number of hydrogen-bond acceptors (Lipinski definition) is 2. The molecule has 0 radical (unpaired) electrons. The van der Waals surface area contributed by atoms with E-state index in [-0.39, 0.29) is 5.91 Å². The van der Waals surface area contributed by atoms with Gasteiger partial charge in [-0.3, -0.25) is 9.78 Å². The number of nitrogens with zero attached hydrogens (tertiary/aromatic N) is 2. The molecule has 0 N–H and O–H groups in total. The Kier molecular flexibility index (Phi) is 4.00. The smallest absolute Gasteiger partial charge is 0.254 e. The third-order valence-electron chi connectivity index (χ3n) is 4.98. The first-order chi connectivity index (χ1) is 12.1. The van der Waals surface area contributed by atoms with E-state index >= 15 is 0 Å². The first kappa shape index (κ1) is 15.8. The third kappa shape index (κ3) is 2.91. The van der Waals surface area contributed by atoms with E-state index in [2.05, 4.69) is 32.0 Å². The van der Waals surface area contributed by atoms with Crippen LogP contribution in [0.5, 0.6) is 0 Å². The van der Waals surface area contributed by atoms with Crippen LogP contribution < -0.4 is 0 Å². The number of amides is 1. The van der Waals surface area contributed by atoms with Crippen molar-refractivity contribution in [2.45, 2.75) is 32.7 Å². The van der Waals surface area contributed by atoms with Crippen LogP contribution in [0.4, 0.5) is 0 Å². The Balaban J connectivity index is 1.75. The van der Waals surface area contributed by atoms with Crippen LogP contribution in [0.2, 0.25) is 0 Å². The number of benzene rings is 2. The topological polar surface area (TPSA) is 33.2 Å². The van der Waals surface area contributed by atoms with Gasteiger partial charge in [-0.05, 0) is 35.6 Å². The van der Waals surface area contributed by atoms with Crippen LogP contribution in [0, 0.1) is 0 Å². The Morgan fingerprint density at radius 3 is 2.56 bits per heavy atom. The standard InChI is InChI=1S/C22H22N2O/c1-15(2)21-13-19(18-9-5-6-10-20(18)23-21)22(25)24-12-11-16-7-3-4-8-17(16)14-24/h3-10,13,15H,11-12,14H2,1-2H3. The van der Waals surface area contributed by atoms with Crippen molar-refractivity contribution in [2.24, 2.45) is 0 Å². The van der Waals surface area contributed by atoms with Gasteiger partial charge in [0.05, 0.1) is 11.1 Å². The van der Waals surface area contributed by atoms with E-state index < -0.39 is 0 Å². The Morgan fingerprint density at radius 2 is 1.76 bits per heavy atom. The van der Waals surface area contributed by atoms with Gasteiger partial charge in [0, 0.05) is 24.2 Å². The molecule has 1 amide bonds. The highest BCUT2D eigenvalue weighted by Crippen LogP contribution is 2.26. The van der Waals surface area contributed by atoms with E-state index in [1.54, 1.807) is 0 Å². The maximum absolute atomic E-state index is 13.3. The Labute approximate surface area is 148 Å². The molecule has 4 rings (SSSR count). The van der Waals surface area contributed by atoms with E-state index in [0.29, 0.717) is 12.5 Å². The molecule has 0 saturated carbocycles. The fourth-order valence-corrected chi connectivity index (χ4v) is 3.51. The van der Waals surface area contributed by atoms with Gasteiger partial charge in [-0.1, -0.05) is 56.3 Å². The van der Waals surface area contributed by atoms with E-state index in [4.69, 9.17) is 4.98 Å². The molecule has 0 spiro atoms. The number of hydrogen-bond donors (Lipinski definition) is 0. The van der Waals surface area contributed by atoms with E-state index in [1.165, 1.54) is 11.1 Å². The lowest BCUT2D eigenvalue weighted by Gasteiger charge is -2.29. The highest BCUT2D eigenvalue weighted by Gasteiger charge is 2.24. The fourth-order valence-electron chi connectivity index (χ4n) is 3.51. The van der Waals surface area contributed by atoms with Gasteiger partial charge >= 0.3 is 0 Å². The predicted molar refractivity (Wildman–Crippen MR) is 101 cm³/mol. The maximum Gasteiger partial charge on any atom is 0.254 e. The molecule has 1 aliphatic heterocycles. The number of rotatable bonds is 2. The summed E-state index contributed by atoms with van der Waals surface area (Å²) in [5.74, 6) is 0.397. The average molecular weight is 330 g/mol. The SMILES string of the molecule is CC(C)c1cc(C(=O)N2CCc3ccccc3C2)c2ccccc2n1. The lowest BCUT2D eigenvalue weighted by molar-refractivity contribution is 0.0736. The van der Waals surface area contributed by atoms with Crippen LogP contribution in [-0.2, 0) is 13.0 Å². The number of carbonyl (C=O) groups excluding carboxylic acids is 1. The molecule has 2 aromatic carbocycles. The summed E-state index contributed by atoms with van der Waals surface area (Å²) in [4.78, 5) is 20.0. The van der Waals surface area contributed by atoms with Crippen molar-refractivity contribution in [3.05, 3.63) is 77.0 Å². The molecule has 0 saturated heterocycles. The van der Waals surface area contributed by atoms with Crippen LogP contribution >= 0.6 is 0 Å². The van der Waals surface area contributed by atoms with Gasteiger partial charge in [0.25, 0.3) is 5.91 Å². The molecule has 2 heterocycles. The fraction of sp³-hybridized carbons (Fsp3) is 0.273. The average Bonchev–Trinajstić information content (AvgIpc) is 2.66. The van der Waals surface area contributed by atoms with Gasteiger partial charge < -0.3 is 4.90 Å². The maximum atomic E-state index is 13.3. The molecule has 126 valence electrons. The van der Waals surface area contributed by atoms with Crippen LogP contribution in [0.1, 0.15) is 46.9 Å². The normalized spacial score (nSPS) is 14.0. The highest BCUT2D eigenvalue weighted by atomic mass is 16.2. The first-order valence-electron chi connectivity index (χ1n) is 8.89. The Bertz CT molecular complexity index is 946. The molecule has 0 aliphatic carbocycles. The van der Waals surface area contributed by atoms with Crippen molar-refractivity contribution in [2.75, 3.05) is 6.54 Å². The van der Waals surface area contributed by atoms with Crippen molar-refractivity contribution >= 4 is 16.8 Å². The molecular weight excluding hydrogens is 308 g/mol. The monoisotopic (exact) mass is 330 g/mol. The molecule has 3 nitrogen and oxygen atoms in total. The minimum Gasteiger partial charge on any atom is -0.334 e. The number of para-hydroxylation sites is 1. The lowest BCUT2D eigenvalue weighted by Crippen LogP contribution is -2.36. The van der Waals surface area contributed by atoms with E-state index in [9.17, 15) is 4.79 Å². The first-order valence-corrected chi connectivity index (χ1v) is 8.89. The van der Waals surface area contributed by atoms with Crippen LogP contribution in [0.15, 0.2) is 54.6 Å². The summed E-state index contributed by atoms with van der Waals surface area (Å²) in [6, 6.07) is 18.3. The summed E-state index contributed by atoms with van der Waals surface area (Å²) >= 11 is 0. The van der Waals surface area contributed by atoms with Gasteiger partial charge in [0.15, 0.2) is 0 Å². The number of pyridine rings is 1. The van der Waals surface area contributed by atoms with Gasteiger partial charge in [-0.15, -0.1) is 0 Å². The van der Waals surface area contributed by atoms with Crippen LogP contribution in [0.3, 0.4) is 0 Å².